The average Bonchev–Trinajstić information content (AvgIpc) is 3.36. The maximum Gasteiger partial charge on any atom is 0.271 e. The fourth-order valence-electron chi connectivity index (χ4n) is 3.43. The number of carbonyl (C=O) groups is 1. The second kappa shape index (κ2) is 8.83. The SMILES string of the molecule is O=C(CCC1CCCC1)Nc1nnc(SCc2nc3ccccc3[nH]c2=O)s1. The van der Waals surface area contributed by atoms with E-state index in [0.717, 1.165) is 17.5 Å². The molecule has 0 bridgehead atoms. The summed E-state index contributed by atoms with van der Waals surface area (Å²) >= 11 is 2.71. The molecule has 1 fully saturated rings. The minimum absolute atomic E-state index is 0.00718. The zero-order valence-electron chi connectivity index (χ0n) is 15.3. The molecule has 0 saturated heterocycles. The van der Waals surface area contributed by atoms with Gasteiger partial charge < -0.3 is 10.3 Å². The number of benzene rings is 1. The lowest BCUT2D eigenvalue weighted by atomic mass is 10.0. The lowest BCUT2D eigenvalue weighted by Crippen LogP contribution is -2.14. The molecule has 1 aliphatic rings. The highest BCUT2D eigenvalue weighted by molar-refractivity contribution is 8.00. The Morgan fingerprint density at radius 2 is 2.07 bits per heavy atom. The molecule has 2 N–H and O–H groups in total. The van der Waals surface area contributed by atoms with Gasteiger partial charge in [0.15, 0.2) is 4.34 Å². The van der Waals surface area contributed by atoms with E-state index < -0.39 is 0 Å². The van der Waals surface area contributed by atoms with Crippen LogP contribution in [0.25, 0.3) is 11.0 Å². The summed E-state index contributed by atoms with van der Waals surface area (Å²) in [6.45, 7) is 0. The number of nitrogens with zero attached hydrogens (tertiary/aromatic N) is 3. The molecule has 1 saturated carbocycles. The number of H-pyrrole nitrogens is 1. The number of amides is 1. The molecule has 146 valence electrons. The molecule has 3 aromatic rings. The molecule has 9 heteroatoms. The van der Waals surface area contributed by atoms with Gasteiger partial charge in [0, 0.05) is 12.2 Å². The number of anilines is 1. The van der Waals surface area contributed by atoms with Crippen molar-refractivity contribution < 1.29 is 4.79 Å². The summed E-state index contributed by atoms with van der Waals surface area (Å²) in [6.07, 6.45) is 6.55. The molecule has 28 heavy (non-hydrogen) atoms. The number of rotatable bonds is 7. The van der Waals surface area contributed by atoms with E-state index in [9.17, 15) is 9.59 Å². The fourth-order valence-corrected chi connectivity index (χ4v) is 5.13. The van der Waals surface area contributed by atoms with E-state index in [0.29, 0.717) is 33.3 Å². The molecule has 0 aliphatic heterocycles. The van der Waals surface area contributed by atoms with Crippen molar-refractivity contribution in [3.05, 3.63) is 40.3 Å². The van der Waals surface area contributed by atoms with Gasteiger partial charge in [-0.1, -0.05) is 60.9 Å². The van der Waals surface area contributed by atoms with Gasteiger partial charge in [0.1, 0.15) is 5.69 Å². The molecule has 1 amide bonds. The molecule has 7 nitrogen and oxygen atoms in total. The van der Waals surface area contributed by atoms with E-state index in [1.165, 1.54) is 48.8 Å². The Morgan fingerprint density at radius 1 is 1.25 bits per heavy atom. The summed E-state index contributed by atoms with van der Waals surface area (Å²) < 4.78 is 0.695. The second-order valence-corrected chi connectivity index (χ2v) is 9.13. The second-order valence-electron chi connectivity index (χ2n) is 6.93. The monoisotopic (exact) mass is 415 g/mol. The first kappa shape index (κ1) is 19.1. The lowest BCUT2D eigenvalue weighted by Gasteiger charge is -2.07. The van der Waals surface area contributed by atoms with Crippen LogP contribution in [0.3, 0.4) is 0 Å². The Balaban J connectivity index is 1.31. The van der Waals surface area contributed by atoms with E-state index in [1.54, 1.807) is 0 Å². The number of aromatic amines is 1. The van der Waals surface area contributed by atoms with Crippen molar-refractivity contribution in [1.29, 1.82) is 0 Å². The normalized spacial score (nSPS) is 14.6. The standard InChI is InChI=1S/C19H21N5O2S2/c25-16(10-9-12-5-1-2-6-12)22-18-23-24-19(28-18)27-11-15-17(26)21-14-8-4-3-7-13(14)20-15/h3-4,7-8,12H,1-2,5-6,9-11H2,(H,21,26)(H,22,23,25). The van der Waals surface area contributed by atoms with Gasteiger partial charge in [-0.3, -0.25) is 9.59 Å². The number of fused-ring (bicyclic) bond motifs is 1. The lowest BCUT2D eigenvalue weighted by molar-refractivity contribution is -0.116. The van der Waals surface area contributed by atoms with Crippen molar-refractivity contribution >= 4 is 45.2 Å². The number of aromatic nitrogens is 4. The van der Waals surface area contributed by atoms with Crippen molar-refractivity contribution in [2.75, 3.05) is 5.32 Å². The van der Waals surface area contributed by atoms with Crippen LogP contribution in [0.2, 0.25) is 0 Å². The van der Waals surface area contributed by atoms with Gasteiger partial charge >= 0.3 is 0 Å². The predicted molar refractivity (Wildman–Crippen MR) is 112 cm³/mol. The van der Waals surface area contributed by atoms with E-state index in [4.69, 9.17) is 0 Å². The van der Waals surface area contributed by atoms with Gasteiger partial charge in [-0.05, 0) is 24.5 Å². The minimum Gasteiger partial charge on any atom is -0.319 e. The van der Waals surface area contributed by atoms with E-state index >= 15 is 0 Å². The van der Waals surface area contributed by atoms with Crippen LogP contribution in [0, 0.1) is 5.92 Å². The molecule has 0 spiro atoms. The third kappa shape index (κ3) is 4.77. The van der Waals surface area contributed by atoms with Crippen LogP contribution in [0.4, 0.5) is 5.13 Å². The first-order valence-electron chi connectivity index (χ1n) is 9.41. The molecule has 0 unspecified atom stereocenters. The molecule has 0 atom stereocenters. The molecule has 0 radical (unpaired) electrons. The van der Waals surface area contributed by atoms with Crippen LogP contribution in [0.5, 0.6) is 0 Å². The minimum atomic E-state index is -0.198. The van der Waals surface area contributed by atoms with Crippen LogP contribution >= 0.6 is 23.1 Å². The highest BCUT2D eigenvalue weighted by Crippen LogP contribution is 2.30. The number of nitrogens with one attached hydrogen (secondary N) is 2. The fraction of sp³-hybridized carbons (Fsp3) is 0.421. The van der Waals surface area contributed by atoms with Crippen LogP contribution in [-0.4, -0.2) is 26.1 Å². The van der Waals surface area contributed by atoms with Crippen LogP contribution < -0.4 is 10.9 Å². The Kier molecular flexibility index (Phi) is 6.01. The number of thioether (sulfide) groups is 1. The smallest absolute Gasteiger partial charge is 0.271 e. The number of para-hydroxylation sites is 2. The van der Waals surface area contributed by atoms with Crippen LogP contribution in [0.1, 0.15) is 44.2 Å². The third-order valence-corrected chi connectivity index (χ3v) is 6.89. The molecular formula is C19H21N5O2S2. The summed E-state index contributed by atoms with van der Waals surface area (Å²) in [4.78, 5) is 31.5. The highest BCUT2D eigenvalue weighted by atomic mass is 32.2. The summed E-state index contributed by atoms with van der Waals surface area (Å²) in [6, 6.07) is 7.44. The average molecular weight is 416 g/mol. The Morgan fingerprint density at radius 3 is 2.93 bits per heavy atom. The van der Waals surface area contributed by atoms with Crippen LogP contribution in [0.15, 0.2) is 33.4 Å². The maximum absolute atomic E-state index is 12.2. The third-order valence-electron chi connectivity index (χ3n) is 4.91. The summed E-state index contributed by atoms with van der Waals surface area (Å²) in [5.41, 5.74) is 1.72. The van der Waals surface area contributed by atoms with Gasteiger partial charge in [-0.15, -0.1) is 10.2 Å². The van der Waals surface area contributed by atoms with Crippen molar-refractivity contribution in [1.82, 2.24) is 20.2 Å². The summed E-state index contributed by atoms with van der Waals surface area (Å²) in [5, 5.41) is 11.4. The quantitative estimate of drug-likeness (QED) is 0.447. The Hall–Kier alpha value is -2.26. The number of hydrogen-bond donors (Lipinski definition) is 2. The Labute approximate surface area is 170 Å². The number of hydrogen-bond acceptors (Lipinski definition) is 7. The largest absolute Gasteiger partial charge is 0.319 e. The molecule has 2 heterocycles. The van der Waals surface area contributed by atoms with Gasteiger partial charge in [0.25, 0.3) is 5.56 Å². The summed E-state index contributed by atoms with van der Waals surface area (Å²) in [5.74, 6) is 1.08. The Bertz CT molecular complexity index is 1030. The molecule has 1 aliphatic carbocycles. The van der Waals surface area contributed by atoms with E-state index in [1.807, 2.05) is 24.3 Å². The zero-order valence-corrected chi connectivity index (χ0v) is 16.9. The summed E-state index contributed by atoms with van der Waals surface area (Å²) in [7, 11) is 0. The highest BCUT2D eigenvalue weighted by Gasteiger charge is 2.17. The van der Waals surface area contributed by atoms with E-state index in [2.05, 4.69) is 25.5 Å². The van der Waals surface area contributed by atoms with Crippen LogP contribution in [-0.2, 0) is 10.5 Å². The molecule has 4 rings (SSSR count). The van der Waals surface area contributed by atoms with Crippen molar-refractivity contribution in [3.8, 4) is 0 Å². The topological polar surface area (TPSA) is 101 Å². The molecule has 2 aromatic heterocycles. The zero-order chi connectivity index (χ0) is 19.3. The van der Waals surface area contributed by atoms with E-state index in [-0.39, 0.29) is 11.5 Å². The van der Waals surface area contributed by atoms with Crippen molar-refractivity contribution in [2.45, 2.75) is 48.6 Å². The first-order valence-corrected chi connectivity index (χ1v) is 11.2. The van der Waals surface area contributed by atoms with Crippen molar-refractivity contribution in [2.24, 2.45) is 5.92 Å². The van der Waals surface area contributed by atoms with Gasteiger partial charge in [0.05, 0.1) is 11.0 Å². The maximum atomic E-state index is 12.2. The number of carbonyl (C=O) groups excluding carboxylic acids is 1. The van der Waals surface area contributed by atoms with Crippen molar-refractivity contribution in [3.63, 3.8) is 0 Å². The first-order chi connectivity index (χ1) is 13.7. The van der Waals surface area contributed by atoms with Gasteiger partial charge in [-0.2, -0.15) is 0 Å². The molecule has 1 aromatic carbocycles. The molecular weight excluding hydrogens is 394 g/mol. The van der Waals surface area contributed by atoms with Gasteiger partial charge in [-0.25, -0.2) is 4.98 Å². The predicted octanol–water partition coefficient (Wildman–Crippen LogP) is 3.98. The van der Waals surface area contributed by atoms with Gasteiger partial charge in [0.2, 0.25) is 11.0 Å².